The Kier molecular flexibility index (Phi) is 8.13. The molecule has 0 aliphatic heterocycles. The summed E-state index contributed by atoms with van der Waals surface area (Å²) in [6.45, 7) is 1.55. The predicted octanol–water partition coefficient (Wildman–Crippen LogP) is 2.66. The summed E-state index contributed by atoms with van der Waals surface area (Å²) >= 11 is 1.55. The van der Waals surface area contributed by atoms with Crippen LogP contribution in [0.15, 0.2) is 48.7 Å². The van der Waals surface area contributed by atoms with Crippen LogP contribution in [0.3, 0.4) is 0 Å². The van der Waals surface area contributed by atoms with Crippen molar-refractivity contribution >= 4 is 17.7 Å². The molecule has 0 spiro atoms. The van der Waals surface area contributed by atoms with Gasteiger partial charge in [0.2, 0.25) is 5.91 Å². The van der Waals surface area contributed by atoms with Crippen molar-refractivity contribution in [2.24, 2.45) is 0 Å². The predicted molar refractivity (Wildman–Crippen MR) is 96.1 cm³/mol. The van der Waals surface area contributed by atoms with Crippen LogP contribution in [0, 0.1) is 0 Å². The highest BCUT2D eigenvalue weighted by Crippen LogP contribution is 2.13. The van der Waals surface area contributed by atoms with Gasteiger partial charge in [0.05, 0.1) is 18.1 Å². The Bertz CT molecular complexity index is 623. The average molecular weight is 346 g/mol. The lowest BCUT2D eigenvalue weighted by molar-refractivity contribution is -0.118. The van der Waals surface area contributed by atoms with E-state index in [1.807, 2.05) is 42.5 Å². The van der Waals surface area contributed by atoms with Gasteiger partial charge in [0.1, 0.15) is 12.4 Å². The van der Waals surface area contributed by atoms with Crippen LogP contribution in [-0.4, -0.2) is 37.0 Å². The van der Waals surface area contributed by atoms with Crippen molar-refractivity contribution in [2.45, 2.75) is 12.3 Å². The zero-order chi connectivity index (χ0) is 17.0. The highest BCUT2D eigenvalue weighted by molar-refractivity contribution is 7.99. The molecule has 0 radical (unpaired) electrons. The van der Waals surface area contributed by atoms with Gasteiger partial charge in [-0.3, -0.25) is 9.78 Å². The van der Waals surface area contributed by atoms with E-state index in [1.54, 1.807) is 25.1 Å². The number of hydrogen-bond acceptors (Lipinski definition) is 5. The molecular formula is C18H22N2O3S. The van der Waals surface area contributed by atoms with Crippen molar-refractivity contribution in [1.29, 1.82) is 0 Å². The smallest absolute Gasteiger partial charge is 0.230 e. The van der Waals surface area contributed by atoms with Crippen molar-refractivity contribution in [3.63, 3.8) is 0 Å². The molecule has 2 rings (SSSR count). The highest BCUT2D eigenvalue weighted by Gasteiger charge is 2.03. The van der Waals surface area contributed by atoms with Crippen LogP contribution in [-0.2, 0) is 21.8 Å². The van der Waals surface area contributed by atoms with E-state index < -0.39 is 0 Å². The Labute approximate surface area is 146 Å². The Hall–Kier alpha value is -2.05. The highest BCUT2D eigenvalue weighted by atomic mass is 32.2. The number of carbonyl (C=O) groups excluding carboxylic acids is 1. The molecule has 0 bridgehead atoms. The first-order valence-corrected chi connectivity index (χ1v) is 8.88. The van der Waals surface area contributed by atoms with Crippen molar-refractivity contribution in [3.8, 4) is 5.75 Å². The maximum absolute atomic E-state index is 11.9. The normalized spacial score (nSPS) is 10.4. The summed E-state index contributed by atoms with van der Waals surface area (Å²) < 4.78 is 10.5. The second-order valence-corrected chi connectivity index (χ2v) is 6.06. The molecule has 0 unspecified atom stereocenters. The SMILES string of the molecule is COCCOc1cccc(CNC(=O)CSCc2ccccn2)c1. The first-order chi connectivity index (χ1) is 11.8. The number of nitrogens with zero attached hydrogens (tertiary/aromatic N) is 1. The van der Waals surface area contributed by atoms with Gasteiger partial charge in [0.15, 0.2) is 0 Å². The zero-order valence-corrected chi connectivity index (χ0v) is 14.6. The summed E-state index contributed by atoms with van der Waals surface area (Å²) in [5.74, 6) is 1.95. The number of ether oxygens (including phenoxy) is 2. The first-order valence-electron chi connectivity index (χ1n) is 7.73. The van der Waals surface area contributed by atoms with Crippen molar-refractivity contribution in [1.82, 2.24) is 10.3 Å². The Balaban J connectivity index is 1.68. The molecule has 0 saturated carbocycles. The van der Waals surface area contributed by atoms with Gasteiger partial charge >= 0.3 is 0 Å². The van der Waals surface area contributed by atoms with Gasteiger partial charge in [-0.1, -0.05) is 18.2 Å². The minimum Gasteiger partial charge on any atom is -0.491 e. The monoisotopic (exact) mass is 346 g/mol. The molecule has 24 heavy (non-hydrogen) atoms. The summed E-state index contributed by atoms with van der Waals surface area (Å²) in [4.78, 5) is 16.1. The van der Waals surface area contributed by atoms with E-state index in [0.717, 1.165) is 22.8 Å². The third-order valence-electron chi connectivity index (χ3n) is 3.15. The minimum atomic E-state index is 0.0154. The zero-order valence-electron chi connectivity index (χ0n) is 13.7. The van der Waals surface area contributed by atoms with Crippen LogP contribution >= 0.6 is 11.8 Å². The van der Waals surface area contributed by atoms with Crippen molar-refractivity contribution in [3.05, 3.63) is 59.9 Å². The number of amides is 1. The summed E-state index contributed by atoms with van der Waals surface area (Å²) in [5.41, 5.74) is 1.99. The van der Waals surface area contributed by atoms with Gasteiger partial charge in [-0.05, 0) is 29.8 Å². The van der Waals surface area contributed by atoms with Crippen LogP contribution in [0.5, 0.6) is 5.75 Å². The van der Waals surface area contributed by atoms with Gasteiger partial charge in [-0.2, -0.15) is 0 Å². The fourth-order valence-electron chi connectivity index (χ4n) is 1.97. The van der Waals surface area contributed by atoms with Crippen molar-refractivity contribution in [2.75, 3.05) is 26.1 Å². The van der Waals surface area contributed by atoms with E-state index in [9.17, 15) is 4.79 Å². The quantitative estimate of drug-likeness (QED) is 0.670. The summed E-state index contributed by atoms with van der Waals surface area (Å²) in [5, 5.41) is 2.92. The van der Waals surface area contributed by atoms with E-state index >= 15 is 0 Å². The molecular weight excluding hydrogens is 324 g/mol. The molecule has 5 nitrogen and oxygen atoms in total. The number of thioether (sulfide) groups is 1. The van der Waals surface area contributed by atoms with Crippen LogP contribution in [0.1, 0.15) is 11.3 Å². The van der Waals surface area contributed by atoms with Gasteiger partial charge < -0.3 is 14.8 Å². The number of carbonyl (C=O) groups is 1. The lowest BCUT2D eigenvalue weighted by Crippen LogP contribution is -2.24. The molecule has 0 saturated heterocycles. The standard InChI is InChI=1S/C18H22N2O3S/c1-22-9-10-23-17-7-4-5-15(11-17)12-20-18(21)14-24-13-16-6-2-3-8-19-16/h2-8,11H,9-10,12-14H2,1H3,(H,20,21). The third-order valence-corrected chi connectivity index (χ3v) is 4.12. The number of pyridine rings is 1. The number of aromatic nitrogens is 1. The third kappa shape index (κ3) is 7.02. The van der Waals surface area contributed by atoms with Crippen LogP contribution < -0.4 is 10.1 Å². The van der Waals surface area contributed by atoms with E-state index in [-0.39, 0.29) is 5.91 Å². The Morgan fingerprint density at radius 2 is 2.12 bits per heavy atom. The topological polar surface area (TPSA) is 60.5 Å². The van der Waals surface area contributed by atoms with E-state index in [4.69, 9.17) is 9.47 Å². The number of hydrogen-bond donors (Lipinski definition) is 1. The minimum absolute atomic E-state index is 0.0154. The lowest BCUT2D eigenvalue weighted by Gasteiger charge is -2.09. The maximum Gasteiger partial charge on any atom is 0.230 e. The molecule has 0 atom stereocenters. The summed E-state index contributed by atoms with van der Waals surface area (Å²) in [6, 6.07) is 13.5. The molecule has 2 aromatic rings. The summed E-state index contributed by atoms with van der Waals surface area (Å²) in [6.07, 6.45) is 1.76. The molecule has 0 aliphatic rings. The van der Waals surface area contributed by atoms with Crippen LogP contribution in [0.25, 0.3) is 0 Å². The molecule has 1 heterocycles. The van der Waals surface area contributed by atoms with Gasteiger partial charge in [0.25, 0.3) is 0 Å². The Morgan fingerprint density at radius 3 is 2.92 bits per heavy atom. The molecule has 6 heteroatoms. The largest absolute Gasteiger partial charge is 0.491 e. The number of methoxy groups -OCH3 is 1. The van der Waals surface area contributed by atoms with E-state index in [0.29, 0.717) is 25.5 Å². The van der Waals surface area contributed by atoms with Crippen LogP contribution in [0.4, 0.5) is 0 Å². The number of nitrogens with one attached hydrogen (secondary N) is 1. The van der Waals surface area contributed by atoms with Crippen molar-refractivity contribution < 1.29 is 14.3 Å². The number of benzene rings is 1. The fraction of sp³-hybridized carbons (Fsp3) is 0.333. The molecule has 1 amide bonds. The Morgan fingerprint density at radius 1 is 1.21 bits per heavy atom. The lowest BCUT2D eigenvalue weighted by atomic mass is 10.2. The summed E-state index contributed by atoms with van der Waals surface area (Å²) in [7, 11) is 1.64. The molecule has 1 N–H and O–H groups in total. The average Bonchev–Trinajstić information content (AvgIpc) is 2.62. The van der Waals surface area contributed by atoms with Crippen LogP contribution in [0.2, 0.25) is 0 Å². The maximum atomic E-state index is 11.9. The second kappa shape index (κ2) is 10.7. The van der Waals surface area contributed by atoms with Gasteiger partial charge in [0, 0.05) is 25.6 Å². The molecule has 1 aromatic carbocycles. The van der Waals surface area contributed by atoms with E-state index in [1.165, 1.54) is 0 Å². The van der Waals surface area contributed by atoms with Gasteiger partial charge in [-0.15, -0.1) is 11.8 Å². The van der Waals surface area contributed by atoms with E-state index in [2.05, 4.69) is 10.3 Å². The molecule has 1 aromatic heterocycles. The molecule has 0 fully saturated rings. The molecule has 0 aliphatic carbocycles. The first kappa shape index (κ1) is 18.3. The number of rotatable bonds is 10. The second-order valence-electron chi connectivity index (χ2n) is 5.08. The fourth-order valence-corrected chi connectivity index (χ4v) is 2.74. The van der Waals surface area contributed by atoms with Gasteiger partial charge in [-0.25, -0.2) is 0 Å². The molecule has 128 valence electrons.